The van der Waals surface area contributed by atoms with Crippen LogP contribution in [-0.4, -0.2) is 39.0 Å². The van der Waals surface area contributed by atoms with Gasteiger partial charge >= 0.3 is 6.09 Å². The van der Waals surface area contributed by atoms with E-state index in [-0.39, 0.29) is 28.9 Å². The molecule has 10 nitrogen and oxygen atoms in total. The predicted molar refractivity (Wildman–Crippen MR) is 109 cm³/mol. The summed E-state index contributed by atoms with van der Waals surface area (Å²) >= 11 is 0. The van der Waals surface area contributed by atoms with E-state index in [9.17, 15) is 14.0 Å². The lowest BCUT2D eigenvalue weighted by Gasteiger charge is -2.13. The van der Waals surface area contributed by atoms with Gasteiger partial charge in [-0.1, -0.05) is 0 Å². The van der Waals surface area contributed by atoms with E-state index in [0.717, 1.165) is 25.0 Å². The van der Waals surface area contributed by atoms with Crippen LogP contribution in [0.4, 0.5) is 26.4 Å². The zero-order chi connectivity index (χ0) is 21.8. The fourth-order valence-corrected chi connectivity index (χ4v) is 2.79. The molecule has 158 valence electrons. The number of aromatic nitrogens is 4. The molecule has 2 aromatic heterocycles. The van der Waals surface area contributed by atoms with Crippen molar-refractivity contribution in [1.82, 2.24) is 25.3 Å². The number of carbonyl (C=O) groups is 2. The summed E-state index contributed by atoms with van der Waals surface area (Å²) in [5.74, 6) is -0.721. The standard InChI is InChI=1S/C20H18FN7O3/c1-22-18(29)14-5-4-12(21)6-15(14)28-20(30)31-19-17(26-13-7-23-10-24-8-13)25-9-16(27-19)11-2-3-11/h4-11H,2-3H2,1H3,(H,22,29)(H,25,26)(H,28,30). The Balaban J connectivity index is 1.58. The SMILES string of the molecule is CNC(=O)c1ccc(F)cc1NC(=O)Oc1nc(C2CC2)cnc1Nc1cncnc1. The predicted octanol–water partition coefficient (Wildman–Crippen LogP) is 3.00. The molecule has 1 fully saturated rings. The lowest BCUT2D eigenvalue weighted by molar-refractivity contribution is 0.0964. The van der Waals surface area contributed by atoms with Crippen LogP contribution in [-0.2, 0) is 0 Å². The molecule has 0 spiro atoms. The highest BCUT2D eigenvalue weighted by Gasteiger charge is 2.27. The second-order valence-electron chi connectivity index (χ2n) is 6.76. The van der Waals surface area contributed by atoms with Gasteiger partial charge in [-0.25, -0.2) is 29.1 Å². The fraction of sp³-hybridized carbons (Fsp3) is 0.200. The van der Waals surface area contributed by atoms with Crippen molar-refractivity contribution < 1.29 is 18.7 Å². The van der Waals surface area contributed by atoms with E-state index in [1.165, 1.54) is 31.8 Å². The van der Waals surface area contributed by atoms with Gasteiger partial charge in [0, 0.05) is 13.0 Å². The van der Waals surface area contributed by atoms with Crippen molar-refractivity contribution in [3.63, 3.8) is 0 Å². The molecule has 3 aromatic rings. The third-order valence-electron chi connectivity index (χ3n) is 4.46. The molecule has 0 atom stereocenters. The van der Waals surface area contributed by atoms with E-state index in [0.29, 0.717) is 11.4 Å². The number of nitrogens with one attached hydrogen (secondary N) is 3. The van der Waals surface area contributed by atoms with Crippen LogP contribution >= 0.6 is 0 Å². The fourth-order valence-electron chi connectivity index (χ4n) is 2.79. The molecule has 0 aliphatic heterocycles. The minimum atomic E-state index is -0.953. The topological polar surface area (TPSA) is 131 Å². The number of benzene rings is 1. The molecule has 0 radical (unpaired) electrons. The number of anilines is 3. The minimum absolute atomic E-state index is 0.0402. The maximum atomic E-state index is 13.7. The van der Waals surface area contributed by atoms with Gasteiger partial charge in [-0.3, -0.25) is 10.1 Å². The van der Waals surface area contributed by atoms with Crippen LogP contribution in [0.3, 0.4) is 0 Å². The van der Waals surface area contributed by atoms with Crippen molar-refractivity contribution in [1.29, 1.82) is 0 Å². The van der Waals surface area contributed by atoms with Gasteiger partial charge < -0.3 is 15.4 Å². The van der Waals surface area contributed by atoms with Crippen LogP contribution in [0.2, 0.25) is 0 Å². The van der Waals surface area contributed by atoms with Crippen molar-refractivity contribution in [3.05, 3.63) is 60.2 Å². The number of halogens is 1. The zero-order valence-electron chi connectivity index (χ0n) is 16.4. The van der Waals surface area contributed by atoms with Gasteiger partial charge in [0.25, 0.3) is 11.8 Å². The van der Waals surface area contributed by atoms with Crippen LogP contribution in [0, 0.1) is 5.82 Å². The van der Waals surface area contributed by atoms with Crippen molar-refractivity contribution >= 4 is 29.2 Å². The number of hydrogen-bond acceptors (Lipinski definition) is 8. The van der Waals surface area contributed by atoms with Gasteiger partial charge in [-0.2, -0.15) is 0 Å². The maximum absolute atomic E-state index is 13.7. The van der Waals surface area contributed by atoms with Gasteiger partial charge in [0.2, 0.25) is 0 Å². The van der Waals surface area contributed by atoms with Crippen LogP contribution in [0.1, 0.15) is 34.8 Å². The van der Waals surface area contributed by atoms with Crippen molar-refractivity contribution in [3.8, 4) is 5.88 Å². The molecule has 3 N–H and O–H groups in total. The summed E-state index contributed by atoms with van der Waals surface area (Å²) in [4.78, 5) is 41.1. The third kappa shape index (κ3) is 4.89. The van der Waals surface area contributed by atoms with Crippen LogP contribution < -0.4 is 20.7 Å². The summed E-state index contributed by atoms with van der Waals surface area (Å²) in [6.45, 7) is 0. The highest BCUT2D eigenvalue weighted by atomic mass is 19.1. The van der Waals surface area contributed by atoms with E-state index in [1.807, 2.05) is 0 Å². The van der Waals surface area contributed by atoms with E-state index in [4.69, 9.17) is 4.74 Å². The highest BCUT2D eigenvalue weighted by Crippen LogP contribution is 2.40. The molecule has 1 aliphatic rings. The van der Waals surface area contributed by atoms with Gasteiger partial charge in [0.15, 0.2) is 5.82 Å². The van der Waals surface area contributed by atoms with Gasteiger partial charge in [-0.15, -0.1) is 0 Å². The molecule has 2 heterocycles. The molecule has 1 saturated carbocycles. The Labute approximate surface area is 176 Å². The van der Waals surface area contributed by atoms with Crippen LogP contribution in [0.15, 0.2) is 43.1 Å². The Bertz CT molecular complexity index is 1120. The lowest BCUT2D eigenvalue weighted by Crippen LogP contribution is -2.23. The van der Waals surface area contributed by atoms with Crippen molar-refractivity contribution in [2.45, 2.75) is 18.8 Å². The average Bonchev–Trinajstić information content (AvgIpc) is 3.61. The molecule has 11 heteroatoms. The van der Waals surface area contributed by atoms with Crippen molar-refractivity contribution in [2.24, 2.45) is 0 Å². The Kier molecular flexibility index (Phi) is 5.65. The minimum Gasteiger partial charge on any atom is -0.387 e. The molecule has 0 unspecified atom stereocenters. The largest absolute Gasteiger partial charge is 0.418 e. The first-order valence-corrected chi connectivity index (χ1v) is 9.43. The molecule has 1 aliphatic carbocycles. The first-order chi connectivity index (χ1) is 15.0. The Hall–Kier alpha value is -4.15. The number of amides is 2. The number of hydrogen-bond donors (Lipinski definition) is 3. The third-order valence-corrected chi connectivity index (χ3v) is 4.46. The summed E-state index contributed by atoms with van der Waals surface area (Å²) in [7, 11) is 1.43. The molecule has 0 bridgehead atoms. The molecule has 31 heavy (non-hydrogen) atoms. The Morgan fingerprint density at radius 2 is 1.94 bits per heavy atom. The first kappa shape index (κ1) is 20.1. The van der Waals surface area contributed by atoms with Crippen LogP contribution in [0.5, 0.6) is 5.88 Å². The summed E-state index contributed by atoms with van der Waals surface area (Å²) in [5.41, 5.74) is 1.27. The van der Waals surface area contributed by atoms with E-state index in [2.05, 4.69) is 35.9 Å². The first-order valence-electron chi connectivity index (χ1n) is 9.43. The second kappa shape index (κ2) is 8.69. The van der Waals surface area contributed by atoms with Crippen LogP contribution in [0.25, 0.3) is 0 Å². The zero-order valence-corrected chi connectivity index (χ0v) is 16.4. The molecule has 2 amide bonds. The number of ether oxygens (including phenoxy) is 1. The molecule has 1 aromatic carbocycles. The van der Waals surface area contributed by atoms with Gasteiger partial charge in [0.05, 0.1) is 41.2 Å². The van der Waals surface area contributed by atoms with E-state index >= 15 is 0 Å². The smallest absolute Gasteiger partial charge is 0.387 e. The lowest BCUT2D eigenvalue weighted by atomic mass is 10.1. The summed E-state index contributed by atoms with van der Waals surface area (Å²) < 4.78 is 19.0. The number of carbonyl (C=O) groups excluding carboxylic acids is 2. The van der Waals surface area contributed by atoms with Gasteiger partial charge in [-0.05, 0) is 31.0 Å². The van der Waals surface area contributed by atoms with E-state index < -0.39 is 17.8 Å². The monoisotopic (exact) mass is 423 g/mol. The highest BCUT2D eigenvalue weighted by molar-refractivity contribution is 6.02. The molecular weight excluding hydrogens is 405 g/mol. The molecule has 4 rings (SSSR count). The summed E-state index contributed by atoms with van der Waals surface area (Å²) in [6.07, 6.45) is 7.05. The molecule has 0 saturated heterocycles. The Morgan fingerprint density at radius 3 is 2.65 bits per heavy atom. The summed E-state index contributed by atoms with van der Waals surface area (Å²) in [5, 5.41) is 7.77. The Morgan fingerprint density at radius 1 is 1.16 bits per heavy atom. The normalized spacial score (nSPS) is 12.7. The second-order valence-corrected chi connectivity index (χ2v) is 6.76. The quantitative estimate of drug-likeness (QED) is 0.551. The number of rotatable bonds is 6. The van der Waals surface area contributed by atoms with Crippen molar-refractivity contribution in [2.75, 3.05) is 17.7 Å². The van der Waals surface area contributed by atoms with Gasteiger partial charge in [0.1, 0.15) is 12.1 Å². The average molecular weight is 423 g/mol. The maximum Gasteiger partial charge on any atom is 0.418 e. The molecular formula is C20H18FN7O3. The number of nitrogens with zero attached hydrogens (tertiary/aromatic N) is 4. The summed E-state index contributed by atoms with van der Waals surface area (Å²) in [6, 6.07) is 3.41. The van der Waals surface area contributed by atoms with E-state index in [1.54, 1.807) is 6.20 Å².